The Balaban J connectivity index is 1.10. The first-order chi connectivity index (χ1) is 20.8. The third-order valence-corrected chi connectivity index (χ3v) is 8.10. The SMILES string of the molecule is C[C@H](NC(=O)c1cccc2c1-c1ccccc1C2=O)C(=O)N1CCC[C@H]1C(=O)N[C@H]1CC(=O)OC1OCc1ccccc1. The summed E-state index contributed by atoms with van der Waals surface area (Å²) in [6, 6.07) is 19.1. The highest BCUT2D eigenvalue weighted by Crippen LogP contribution is 2.38. The second-order valence-corrected chi connectivity index (χ2v) is 11.0. The molecule has 0 saturated carbocycles. The van der Waals surface area contributed by atoms with Crippen molar-refractivity contribution in [2.24, 2.45) is 0 Å². The number of hydrogen-bond donors (Lipinski definition) is 2. The Kier molecular flexibility index (Phi) is 7.77. The number of hydrogen-bond acceptors (Lipinski definition) is 7. The zero-order valence-electron chi connectivity index (χ0n) is 23.6. The van der Waals surface area contributed by atoms with E-state index < -0.39 is 48.1 Å². The molecular weight excluding hydrogens is 550 g/mol. The van der Waals surface area contributed by atoms with Gasteiger partial charge in [-0.15, -0.1) is 0 Å². The molecule has 43 heavy (non-hydrogen) atoms. The summed E-state index contributed by atoms with van der Waals surface area (Å²) < 4.78 is 11.1. The number of fused-ring (bicyclic) bond motifs is 3. The van der Waals surface area contributed by atoms with Gasteiger partial charge in [0.25, 0.3) is 5.91 Å². The van der Waals surface area contributed by atoms with E-state index in [1.807, 2.05) is 36.4 Å². The van der Waals surface area contributed by atoms with Crippen LogP contribution in [-0.4, -0.2) is 65.3 Å². The van der Waals surface area contributed by atoms with E-state index in [0.717, 1.165) is 5.56 Å². The third-order valence-electron chi connectivity index (χ3n) is 8.10. The van der Waals surface area contributed by atoms with Crippen molar-refractivity contribution in [2.45, 2.75) is 57.2 Å². The summed E-state index contributed by atoms with van der Waals surface area (Å²) in [6.45, 7) is 2.14. The van der Waals surface area contributed by atoms with Gasteiger partial charge >= 0.3 is 5.97 Å². The molecule has 2 N–H and O–H groups in total. The second kappa shape index (κ2) is 11.8. The van der Waals surface area contributed by atoms with Crippen LogP contribution in [-0.2, 0) is 30.5 Å². The van der Waals surface area contributed by atoms with Crippen molar-refractivity contribution in [3.05, 3.63) is 95.1 Å². The van der Waals surface area contributed by atoms with E-state index in [0.29, 0.717) is 47.2 Å². The van der Waals surface area contributed by atoms with E-state index in [9.17, 15) is 24.0 Å². The van der Waals surface area contributed by atoms with Crippen molar-refractivity contribution in [2.75, 3.05) is 6.54 Å². The molecule has 10 nitrogen and oxygen atoms in total. The molecule has 3 amide bonds. The molecule has 3 aromatic rings. The highest BCUT2D eigenvalue weighted by atomic mass is 16.7. The van der Waals surface area contributed by atoms with Gasteiger partial charge in [0.1, 0.15) is 18.1 Å². The first-order valence-corrected chi connectivity index (χ1v) is 14.4. The minimum absolute atomic E-state index is 0.0364. The van der Waals surface area contributed by atoms with Crippen LogP contribution in [0.2, 0.25) is 0 Å². The van der Waals surface area contributed by atoms with Crippen molar-refractivity contribution in [3.8, 4) is 11.1 Å². The zero-order valence-corrected chi connectivity index (χ0v) is 23.6. The van der Waals surface area contributed by atoms with Crippen LogP contribution in [0.5, 0.6) is 0 Å². The number of rotatable bonds is 8. The number of nitrogens with zero attached hydrogens (tertiary/aromatic N) is 1. The molecule has 2 heterocycles. The molecule has 4 atom stereocenters. The van der Waals surface area contributed by atoms with Crippen molar-refractivity contribution in [1.29, 1.82) is 0 Å². The molecule has 0 radical (unpaired) electrons. The third kappa shape index (κ3) is 5.53. The lowest BCUT2D eigenvalue weighted by atomic mass is 9.98. The Morgan fingerprint density at radius 1 is 0.953 bits per heavy atom. The van der Waals surface area contributed by atoms with E-state index in [-0.39, 0.29) is 18.8 Å². The van der Waals surface area contributed by atoms with Crippen molar-refractivity contribution < 1.29 is 33.4 Å². The molecule has 1 unspecified atom stereocenters. The second-order valence-electron chi connectivity index (χ2n) is 11.0. The van der Waals surface area contributed by atoms with Crippen LogP contribution < -0.4 is 10.6 Å². The molecule has 10 heteroatoms. The van der Waals surface area contributed by atoms with E-state index in [4.69, 9.17) is 9.47 Å². The smallest absolute Gasteiger partial charge is 0.310 e. The Morgan fingerprint density at radius 3 is 2.47 bits per heavy atom. The molecule has 0 spiro atoms. The highest BCUT2D eigenvalue weighted by Gasteiger charge is 2.42. The number of esters is 1. The maximum Gasteiger partial charge on any atom is 0.310 e. The molecule has 0 aromatic heterocycles. The zero-order chi connectivity index (χ0) is 30.1. The van der Waals surface area contributed by atoms with Crippen LogP contribution in [0, 0.1) is 0 Å². The maximum atomic E-state index is 13.5. The largest absolute Gasteiger partial charge is 0.433 e. The summed E-state index contributed by atoms with van der Waals surface area (Å²) in [4.78, 5) is 66.6. The van der Waals surface area contributed by atoms with E-state index >= 15 is 0 Å². The van der Waals surface area contributed by atoms with Crippen molar-refractivity contribution in [3.63, 3.8) is 0 Å². The van der Waals surface area contributed by atoms with E-state index in [1.165, 1.54) is 4.90 Å². The van der Waals surface area contributed by atoms with Gasteiger partial charge in [-0.2, -0.15) is 0 Å². The molecule has 1 aliphatic carbocycles. The molecule has 2 aliphatic heterocycles. The Hall–Kier alpha value is -4.83. The summed E-state index contributed by atoms with van der Waals surface area (Å²) in [6.07, 6.45) is 0.0834. The molecule has 220 valence electrons. The number of cyclic esters (lactones) is 1. The van der Waals surface area contributed by atoms with Crippen LogP contribution in [0.3, 0.4) is 0 Å². The highest BCUT2D eigenvalue weighted by molar-refractivity contribution is 6.24. The predicted molar refractivity (Wildman–Crippen MR) is 155 cm³/mol. The number of nitrogens with one attached hydrogen (secondary N) is 2. The molecule has 2 saturated heterocycles. The number of benzene rings is 3. The molecule has 2 fully saturated rings. The van der Waals surface area contributed by atoms with Crippen LogP contribution in [0.15, 0.2) is 72.8 Å². The minimum Gasteiger partial charge on any atom is -0.433 e. The van der Waals surface area contributed by atoms with Gasteiger partial charge in [-0.3, -0.25) is 24.0 Å². The first-order valence-electron chi connectivity index (χ1n) is 14.4. The van der Waals surface area contributed by atoms with Crippen LogP contribution in [0.1, 0.15) is 58.0 Å². The summed E-state index contributed by atoms with van der Waals surface area (Å²) in [7, 11) is 0. The average molecular weight is 582 g/mol. The lowest BCUT2D eigenvalue weighted by Gasteiger charge is -2.28. The standard InChI is InChI=1S/C33H31N3O7/c1-19(34-30(39)24-14-7-13-23-28(24)21-11-5-6-12-22(21)29(23)38)32(41)36-16-8-15-26(36)31(40)35-25-17-27(37)43-33(25)42-18-20-9-3-2-4-10-20/h2-7,9-14,19,25-26,33H,8,15-18H2,1H3,(H,34,39)(H,35,40)/t19-,25-,26-,33?/m0/s1. The molecule has 3 aliphatic rings. The lowest BCUT2D eigenvalue weighted by Crippen LogP contribution is -2.54. The quantitative estimate of drug-likeness (QED) is 0.306. The summed E-state index contributed by atoms with van der Waals surface area (Å²) >= 11 is 0. The molecular formula is C33H31N3O7. The Bertz CT molecular complexity index is 1600. The summed E-state index contributed by atoms with van der Waals surface area (Å²) in [5.74, 6) is -1.90. The van der Waals surface area contributed by atoms with Gasteiger partial charge in [0.15, 0.2) is 5.78 Å². The van der Waals surface area contributed by atoms with Crippen LogP contribution in [0.4, 0.5) is 0 Å². The maximum absolute atomic E-state index is 13.5. The normalized spacial score (nSPS) is 21.1. The fourth-order valence-corrected chi connectivity index (χ4v) is 5.99. The molecule has 6 rings (SSSR count). The molecule has 0 bridgehead atoms. The Morgan fingerprint density at radius 2 is 1.67 bits per heavy atom. The minimum atomic E-state index is -0.940. The van der Waals surface area contributed by atoms with Crippen LogP contribution in [0.25, 0.3) is 11.1 Å². The van der Waals surface area contributed by atoms with Gasteiger partial charge in [0.05, 0.1) is 13.0 Å². The predicted octanol–water partition coefficient (Wildman–Crippen LogP) is 2.98. The number of ketones is 1. The summed E-state index contributed by atoms with van der Waals surface area (Å²) in [5, 5.41) is 5.62. The lowest BCUT2D eigenvalue weighted by molar-refractivity contribution is -0.168. The van der Waals surface area contributed by atoms with E-state index in [1.54, 1.807) is 43.3 Å². The summed E-state index contributed by atoms with van der Waals surface area (Å²) in [5.41, 5.74) is 3.42. The monoisotopic (exact) mass is 581 g/mol. The number of carbonyl (C=O) groups is 5. The van der Waals surface area contributed by atoms with Gasteiger partial charge in [-0.25, -0.2) is 0 Å². The fraction of sp³-hybridized carbons (Fsp3) is 0.303. The Labute approximate surface area is 248 Å². The van der Waals surface area contributed by atoms with Crippen molar-refractivity contribution in [1.82, 2.24) is 15.5 Å². The molecule has 3 aromatic carbocycles. The van der Waals surface area contributed by atoms with Gasteiger partial charge < -0.3 is 25.0 Å². The number of amides is 3. The fourth-order valence-electron chi connectivity index (χ4n) is 5.99. The number of ether oxygens (including phenoxy) is 2. The van der Waals surface area contributed by atoms with Gasteiger partial charge in [0.2, 0.25) is 18.1 Å². The van der Waals surface area contributed by atoms with Gasteiger partial charge in [0, 0.05) is 28.8 Å². The number of likely N-dealkylation sites (tertiary alicyclic amines) is 1. The topological polar surface area (TPSA) is 131 Å². The van der Waals surface area contributed by atoms with Crippen LogP contribution >= 0.6 is 0 Å². The van der Waals surface area contributed by atoms with E-state index in [2.05, 4.69) is 10.6 Å². The first kappa shape index (κ1) is 28.3. The van der Waals surface area contributed by atoms with Crippen molar-refractivity contribution >= 4 is 29.5 Å². The van der Waals surface area contributed by atoms with Gasteiger partial charge in [-0.05, 0) is 37.0 Å². The van der Waals surface area contributed by atoms with Gasteiger partial charge in [-0.1, -0.05) is 66.7 Å². The average Bonchev–Trinajstić information content (AvgIpc) is 3.72. The number of carbonyl (C=O) groups excluding carboxylic acids is 5.